The van der Waals surface area contributed by atoms with Crippen molar-refractivity contribution in [2.24, 2.45) is 0 Å². The van der Waals surface area contributed by atoms with E-state index in [2.05, 4.69) is 0 Å². The third-order valence-corrected chi connectivity index (χ3v) is 3.03. The van der Waals surface area contributed by atoms with Crippen molar-refractivity contribution in [3.63, 3.8) is 0 Å². The molecule has 0 unspecified atom stereocenters. The van der Waals surface area contributed by atoms with Gasteiger partial charge >= 0.3 is 5.97 Å². The maximum absolute atomic E-state index is 10.4. The van der Waals surface area contributed by atoms with Crippen LogP contribution in [0.3, 0.4) is 0 Å². The highest BCUT2D eigenvalue weighted by Gasteiger charge is 1.98. The predicted octanol–water partition coefficient (Wildman–Crippen LogP) is 3.51. The monoisotopic (exact) mass is 230 g/mol. The third kappa shape index (κ3) is 2.58. The van der Waals surface area contributed by atoms with Gasteiger partial charge in [0, 0.05) is 11.0 Å². The van der Waals surface area contributed by atoms with Gasteiger partial charge in [0.25, 0.3) is 0 Å². The topological polar surface area (TPSA) is 37.3 Å². The molecule has 80 valence electrons. The standard InChI is InChI=1S/C13H10O2S/c14-13(15)7-6-10-3-1-4-11(9-10)12-5-2-8-16-12/h1-9H,(H,14,15)/b7-6+. The lowest BCUT2D eigenvalue weighted by molar-refractivity contribution is -0.131. The highest BCUT2D eigenvalue weighted by molar-refractivity contribution is 7.13. The molecule has 0 radical (unpaired) electrons. The Morgan fingerprint density at radius 3 is 2.81 bits per heavy atom. The van der Waals surface area contributed by atoms with E-state index in [1.807, 2.05) is 41.8 Å². The fraction of sp³-hybridized carbons (Fsp3) is 0. The van der Waals surface area contributed by atoms with E-state index in [-0.39, 0.29) is 0 Å². The fourth-order valence-corrected chi connectivity index (χ4v) is 2.13. The van der Waals surface area contributed by atoms with Gasteiger partial charge in [0.05, 0.1) is 0 Å². The van der Waals surface area contributed by atoms with E-state index in [1.165, 1.54) is 4.88 Å². The summed E-state index contributed by atoms with van der Waals surface area (Å²) in [6, 6.07) is 11.9. The van der Waals surface area contributed by atoms with Crippen LogP contribution < -0.4 is 0 Å². The lowest BCUT2D eigenvalue weighted by Crippen LogP contribution is -1.85. The molecule has 0 amide bonds. The molecule has 0 fully saturated rings. The normalized spacial score (nSPS) is 10.8. The van der Waals surface area contributed by atoms with Crippen molar-refractivity contribution >= 4 is 23.4 Å². The van der Waals surface area contributed by atoms with Gasteiger partial charge in [-0.25, -0.2) is 4.79 Å². The average Bonchev–Trinajstić information content (AvgIpc) is 2.80. The lowest BCUT2D eigenvalue weighted by Gasteiger charge is -1.98. The van der Waals surface area contributed by atoms with Gasteiger partial charge in [-0.1, -0.05) is 24.3 Å². The van der Waals surface area contributed by atoms with Crippen LogP contribution in [-0.4, -0.2) is 11.1 Å². The van der Waals surface area contributed by atoms with Crippen LogP contribution in [0.2, 0.25) is 0 Å². The van der Waals surface area contributed by atoms with Crippen LogP contribution >= 0.6 is 11.3 Å². The van der Waals surface area contributed by atoms with Gasteiger partial charge < -0.3 is 5.11 Å². The fourth-order valence-electron chi connectivity index (χ4n) is 1.41. The Morgan fingerprint density at radius 1 is 1.25 bits per heavy atom. The Hall–Kier alpha value is -1.87. The summed E-state index contributed by atoms with van der Waals surface area (Å²) >= 11 is 1.67. The van der Waals surface area contributed by atoms with Crippen molar-refractivity contribution < 1.29 is 9.90 Å². The Morgan fingerprint density at radius 2 is 2.12 bits per heavy atom. The minimum absolute atomic E-state index is 0.897. The van der Waals surface area contributed by atoms with Gasteiger partial charge in [-0.2, -0.15) is 0 Å². The van der Waals surface area contributed by atoms with E-state index in [9.17, 15) is 4.79 Å². The molecule has 0 spiro atoms. The number of aliphatic carboxylic acids is 1. The van der Waals surface area contributed by atoms with Crippen LogP contribution in [0.4, 0.5) is 0 Å². The molecule has 0 aliphatic rings. The molecule has 2 rings (SSSR count). The summed E-state index contributed by atoms with van der Waals surface area (Å²) in [6.07, 6.45) is 2.74. The molecule has 16 heavy (non-hydrogen) atoms. The largest absolute Gasteiger partial charge is 0.478 e. The Balaban J connectivity index is 2.30. The van der Waals surface area contributed by atoms with E-state index < -0.39 is 5.97 Å². The number of carboxylic acid groups (broad SMARTS) is 1. The van der Waals surface area contributed by atoms with Crippen molar-refractivity contribution in [2.75, 3.05) is 0 Å². The molecule has 2 aromatic rings. The summed E-state index contributed by atoms with van der Waals surface area (Å²) in [5, 5.41) is 10.6. The Kier molecular flexibility index (Phi) is 3.17. The minimum Gasteiger partial charge on any atom is -0.478 e. The van der Waals surface area contributed by atoms with Crippen molar-refractivity contribution in [3.8, 4) is 10.4 Å². The summed E-state index contributed by atoms with van der Waals surface area (Å²) in [5.41, 5.74) is 2.01. The van der Waals surface area contributed by atoms with Gasteiger partial charge in [-0.3, -0.25) is 0 Å². The quantitative estimate of drug-likeness (QED) is 0.819. The third-order valence-electron chi connectivity index (χ3n) is 2.11. The number of hydrogen-bond donors (Lipinski definition) is 1. The molecule has 0 saturated carbocycles. The highest BCUT2D eigenvalue weighted by Crippen LogP contribution is 2.25. The van der Waals surface area contributed by atoms with Crippen LogP contribution in [0.25, 0.3) is 16.5 Å². The Bertz CT molecular complexity index is 512. The van der Waals surface area contributed by atoms with Crippen molar-refractivity contribution in [1.29, 1.82) is 0 Å². The van der Waals surface area contributed by atoms with E-state index in [0.29, 0.717) is 0 Å². The first kappa shape index (κ1) is 10.6. The van der Waals surface area contributed by atoms with E-state index in [0.717, 1.165) is 17.2 Å². The number of carbonyl (C=O) groups is 1. The molecule has 1 aromatic carbocycles. The van der Waals surface area contributed by atoms with Crippen LogP contribution in [-0.2, 0) is 4.79 Å². The van der Waals surface area contributed by atoms with Gasteiger partial charge in [-0.05, 0) is 34.7 Å². The van der Waals surface area contributed by atoms with Gasteiger partial charge in [0.15, 0.2) is 0 Å². The van der Waals surface area contributed by atoms with E-state index >= 15 is 0 Å². The maximum Gasteiger partial charge on any atom is 0.328 e. The van der Waals surface area contributed by atoms with Crippen LogP contribution in [0.1, 0.15) is 5.56 Å². The average molecular weight is 230 g/mol. The molecule has 2 nitrogen and oxygen atoms in total. The van der Waals surface area contributed by atoms with Gasteiger partial charge in [0.1, 0.15) is 0 Å². The summed E-state index contributed by atoms with van der Waals surface area (Å²) in [4.78, 5) is 11.6. The molecule has 1 heterocycles. The lowest BCUT2D eigenvalue weighted by atomic mass is 10.1. The predicted molar refractivity (Wildman–Crippen MR) is 66.4 cm³/mol. The van der Waals surface area contributed by atoms with Crippen LogP contribution in [0.15, 0.2) is 47.9 Å². The second-order valence-electron chi connectivity index (χ2n) is 3.27. The zero-order valence-electron chi connectivity index (χ0n) is 8.46. The SMILES string of the molecule is O=C(O)/C=C/c1cccc(-c2cccs2)c1. The van der Waals surface area contributed by atoms with Crippen molar-refractivity contribution in [1.82, 2.24) is 0 Å². The molecule has 0 atom stereocenters. The molecule has 3 heteroatoms. The first-order chi connectivity index (χ1) is 7.75. The zero-order chi connectivity index (χ0) is 11.4. The molecular formula is C13H10O2S. The summed E-state index contributed by atoms with van der Waals surface area (Å²) in [5.74, 6) is -0.929. The molecule has 0 bridgehead atoms. The van der Waals surface area contributed by atoms with Gasteiger partial charge in [0.2, 0.25) is 0 Å². The maximum atomic E-state index is 10.4. The highest BCUT2D eigenvalue weighted by atomic mass is 32.1. The smallest absolute Gasteiger partial charge is 0.328 e. The summed E-state index contributed by atoms with van der Waals surface area (Å²) in [6.45, 7) is 0. The molecular weight excluding hydrogens is 220 g/mol. The number of carboxylic acids is 1. The molecule has 0 aliphatic carbocycles. The minimum atomic E-state index is -0.929. The second kappa shape index (κ2) is 4.77. The zero-order valence-corrected chi connectivity index (χ0v) is 9.28. The summed E-state index contributed by atoms with van der Waals surface area (Å²) < 4.78 is 0. The number of thiophene rings is 1. The second-order valence-corrected chi connectivity index (χ2v) is 4.22. The molecule has 1 N–H and O–H groups in total. The Labute approximate surface area is 97.5 Å². The molecule has 0 saturated heterocycles. The van der Waals surface area contributed by atoms with Crippen molar-refractivity contribution in [2.45, 2.75) is 0 Å². The number of rotatable bonds is 3. The van der Waals surface area contributed by atoms with E-state index in [4.69, 9.17) is 5.11 Å². The first-order valence-electron chi connectivity index (χ1n) is 4.80. The van der Waals surface area contributed by atoms with Gasteiger partial charge in [-0.15, -0.1) is 11.3 Å². The van der Waals surface area contributed by atoms with E-state index in [1.54, 1.807) is 17.4 Å². The molecule has 0 aliphatic heterocycles. The molecule has 1 aromatic heterocycles. The summed E-state index contributed by atoms with van der Waals surface area (Å²) in [7, 11) is 0. The number of benzene rings is 1. The number of hydrogen-bond acceptors (Lipinski definition) is 2. The first-order valence-corrected chi connectivity index (χ1v) is 5.68. The van der Waals surface area contributed by atoms with Crippen molar-refractivity contribution in [3.05, 3.63) is 53.4 Å². The van der Waals surface area contributed by atoms with Crippen LogP contribution in [0, 0.1) is 0 Å². The van der Waals surface area contributed by atoms with Crippen LogP contribution in [0.5, 0.6) is 0 Å².